The fraction of sp³-hybridized carbons (Fsp3) is 0.190. The Balaban J connectivity index is 1.36. The van der Waals surface area contributed by atoms with Gasteiger partial charge in [-0.05, 0) is 59.7 Å². The SMILES string of the molecule is CC(C)(C)c1nc2ncccc2n1-c1ccccc1-c1cnccc1-c1ccncc1-c1ccccc1-n1c(C(C)(C)C)nc2ncccc21. The largest absolute Gasteiger partial charge is 0.294 e. The van der Waals surface area contributed by atoms with Crippen LogP contribution in [0.2, 0.25) is 0 Å². The lowest BCUT2D eigenvalue weighted by molar-refractivity contribution is 0.539. The molecule has 246 valence electrons. The van der Waals surface area contributed by atoms with E-state index in [1.807, 2.05) is 36.9 Å². The summed E-state index contributed by atoms with van der Waals surface area (Å²) < 4.78 is 4.51. The Morgan fingerprint density at radius 2 is 0.840 bits per heavy atom. The molecule has 2 aromatic carbocycles. The van der Waals surface area contributed by atoms with Crippen molar-refractivity contribution in [1.29, 1.82) is 0 Å². The molecule has 6 heterocycles. The number of para-hydroxylation sites is 2. The first-order chi connectivity index (χ1) is 24.1. The molecule has 0 saturated heterocycles. The quantitative estimate of drug-likeness (QED) is 0.184. The Bertz CT molecular complexity index is 2350. The summed E-state index contributed by atoms with van der Waals surface area (Å²) in [6.07, 6.45) is 11.3. The lowest BCUT2D eigenvalue weighted by Gasteiger charge is -2.23. The highest BCUT2D eigenvalue weighted by atomic mass is 15.1. The molecular formula is C42H38N8. The molecule has 6 aromatic heterocycles. The fourth-order valence-corrected chi connectivity index (χ4v) is 6.80. The van der Waals surface area contributed by atoms with Crippen molar-refractivity contribution in [3.05, 3.63) is 134 Å². The zero-order valence-electron chi connectivity index (χ0n) is 29.1. The lowest BCUT2D eigenvalue weighted by atomic mass is 9.90. The van der Waals surface area contributed by atoms with E-state index < -0.39 is 0 Å². The van der Waals surface area contributed by atoms with Crippen LogP contribution >= 0.6 is 0 Å². The molecule has 0 atom stereocenters. The molecule has 0 radical (unpaired) electrons. The second kappa shape index (κ2) is 11.8. The minimum absolute atomic E-state index is 0.230. The number of pyridine rings is 4. The molecule has 8 heteroatoms. The summed E-state index contributed by atoms with van der Waals surface area (Å²) >= 11 is 0. The Labute approximate surface area is 291 Å². The normalized spacial score (nSPS) is 12.2. The van der Waals surface area contributed by atoms with Crippen molar-refractivity contribution >= 4 is 22.3 Å². The van der Waals surface area contributed by atoms with Gasteiger partial charge < -0.3 is 0 Å². The summed E-state index contributed by atoms with van der Waals surface area (Å²) in [5.74, 6) is 1.89. The first-order valence-electron chi connectivity index (χ1n) is 16.9. The highest BCUT2D eigenvalue weighted by Gasteiger charge is 2.28. The Morgan fingerprint density at radius 3 is 1.26 bits per heavy atom. The predicted octanol–water partition coefficient (Wildman–Crippen LogP) is 9.54. The monoisotopic (exact) mass is 654 g/mol. The number of aromatic nitrogens is 8. The van der Waals surface area contributed by atoms with E-state index in [0.717, 1.165) is 78.7 Å². The highest BCUT2D eigenvalue weighted by Crippen LogP contribution is 2.43. The van der Waals surface area contributed by atoms with Gasteiger partial charge in [0.05, 0.1) is 22.4 Å². The van der Waals surface area contributed by atoms with Crippen LogP contribution in [0.3, 0.4) is 0 Å². The van der Waals surface area contributed by atoms with E-state index in [4.69, 9.17) is 9.97 Å². The van der Waals surface area contributed by atoms with Gasteiger partial charge in [-0.3, -0.25) is 19.1 Å². The van der Waals surface area contributed by atoms with E-state index in [2.05, 4.69) is 143 Å². The zero-order valence-corrected chi connectivity index (χ0v) is 29.1. The summed E-state index contributed by atoms with van der Waals surface area (Å²) in [7, 11) is 0. The van der Waals surface area contributed by atoms with Crippen LogP contribution in [0, 0.1) is 0 Å². The van der Waals surface area contributed by atoms with E-state index in [1.165, 1.54) is 0 Å². The van der Waals surface area contributed by atoms with Crippen molar-refractivity contribution in [3.63, 3.8) is 0 Å². The van der Waals surface area contributed by atoms with E-state index >= 15 is 0 Å². The maximum absolute atomic E-state index is 5.03. The number of benzene rings is 2. The average molecular weight is 655 g/mol. The number of hydrogen-bond donors (Lipinski definition) is 0. The maximum atomic E-state index is 5.03. The Kier molecular flexibility index (Phi) is 7.40. The van der Waals surface area contributed by atoms with Crippen LogP contribution in [0.5, 0.6) is 0 Å². The molecular weight excluding hydrogens is 617 g/mol. The van der Waals surface area contributed by atoms with Gasteiger partial charge in [-0.25, -0.2) is 19.9 Å². The maximum Gasteiger partial charge on any atom is 0.178 e. The van der Waals surface area contributed by atoms with Crippen LogP contribution < -0.4 is 0 Å². The van der Waals surface area contributed by atoms with Crippen molar-refractivity contribution in [3.8, 4) is 44.8 Å². The highest BCUT2D eigenvalue weighted by molar-refractivity contribution is 5.95. The van der Waals surface area contributed by atoms with Crippen LogP contribution in [0.4, 0.5) is 0 Å². The molecule has 50 heavy (non-hydrogen) atoms. The van der Waals surface area contributed by atoms with E-state index in [-0.39, 0.29) is 10.8 Å². The van der Waals surface area contributed by atoms with E-state index in [9.17, 15) is 0 Å². The number of imidazole rings is 2. The number of fused-ring (bicyclic) bond motifs is 2. The lowest BCUT2D eigenvalue weighted by Crippen LogP contribution is -2.18. The van der Waals surface area contributed by atoms with Crippen LogP contribution in [0.15, 0.2) is 122 Å². The topological polar surface area (TPSA) is 87.2 Å². The number of rotatable bonds is 5. The Hall–Kier alpha value is -6.02. The van der Waals surface area contributed by atoms with Gasteiger partial charge in [0.15, 0.2) is 11.3 Å². The molecule has 0 amide bonds. The minimum atomic E-state index is -0.230. The molecule has 0 fully saturated rings. The summed E-state index contributed by atoms with van der Waals surface area (Å²) in [5, 5.41) is 0. The molecule has 0 bridgehead atoms. The van der Waals surface area contributed by atoms with Crippen molar-refractivity contribution < 1.29 is 0 Å². The third-order valence-corrected chi connectivity index (χ3v) is 9.01. The van der Waals surface area contributed by atoms with Crippen LogP contribution in [0.1, 0.15) is 53.2 Å². The van der Waals surface area contributed by atoms with Gasteiger partial charge >= 0.3 is 0 Å². The summed E-state index contributed by atoms with van der Waals surface area (Å²) in [4.78, 5) is 28.6. The smallest absolute Gasteiger partial charge is 0.178 e. The van der Waals surface area contributed by atoms with Crippen molar-refractivity contribution in [2.75, 3.05) is 0 Å². The molecule has 0 aliphatic carbocycles. The van der Waals surface area contributed by atoms with Crippen molar-refractivity contribution in [2.24, 2.45) is 0 Å². The average Bonchev–Trinajstić information content (AvgIpc) is 3.72. The Morgan fingerprint density at radius 1 is 0.420 bits per heavy atom. The van der Waals surface area contributed by atoms with Crippen molar-refractivity contribution in [1.82, 2.24) is 39.0 Å². The second-order valence-electron chi connectivity index (χ2n) is 14.6. The second-order valence-corrected chi connectivity index (χ2v) is 14.6. The molecule has 0 unspecified atom stereocenters. The fourth-order valence-electron chi connectivity index (χ4n) is 6.80. The van der Waals surface area contributed by atoms with E-state index in [1.54, 1.807) is 12.4 Å². The standard InChI is InChI=1S/C42H38N8/c1-41(2,3)39-47-37-35(17-11-21-45-37)49(39)33-15-9-7-13-29(33)31-25-43-23-19-27(31)28-20-24-44-26-32(28)30-14-8-10-16-34(30)50-36-18-12-22-46-38(36)48-40(50)42(4,5)6/h7-26H,1-6H3. The van der Waals surface area contributed by atoms with Gasteiger partial charge in [0.25, 0.3) is 0 Å². The molecule has 0 N–H and O–H groups in total. The zero-order chi connectivity index (χ0) is 34.6. The minimum Gasteiger partial charge on any atom is -0.294 e. The van der Waals surface area contributed by atoms with E-state index in [0.29, 0.717) is 0 Å². The summed E-state index contributed by atoms with van der Waals surface area (Å²) in [6.45, 7) is 13.1. The molecule has 8 aromatic rings. The third-order valence-electron chi connectivity index (χ3n) is 9.01. The molecule has 8 rings (SSSR count). The molecule has 0 spiro atoms. The van der Waals surface area contributed by atoms with Gasteiger partial charge in [0, 0.05) is 70.3 Å². The summed E-state index contributed by atoms with van der Waals surface area (Å²) in [6, 6.07) is 29.3. The van der Waals surface area contributed by atoms with Gasteiger partial charge in [0.2, 0.25) is 0 Å². The molecule has 0 saturated carbocycles. The van der Waals surface area contributed by atoms with Gasteiger partial charge in [0.1, 0.15) is 11.6 Å². The number of hydrogen-bond acceptors (Lipinski definition) is 6. The van der Waals surface area contributed by atoms with Gasteiger partial charge in [-0.15, -0.1) is 0 Å². The third kappa shape index (κ3) is 5.24. The first kappa shape index (κ1) is 31.3. The molecule has 8 nitrogen and oxygen atoms in total. The number of nitrogens with zero attached hydrogens (tertiary/aromatic N) is 8. The van der Waals surface area contributed by atoms with Gasteiger partial charge in [-0.2, -0.15) is 0 Å². The van der Waals surface area contributed by atoms with Crippen LogP contribution in [0.25, 0.3) is 67.1 Å². The summed E-state index contributed by atoms with van der Waals surface area (Å²) in [5.41, 5.74) is 11.2. The van der Waals surface area contributed by atoms with Gasteiger partial charge in [-0.1, -0.05) is 77.9 Å². The van der Waals surface area contributed by atoms with Crippen LogP contribution in [-0.4, -0.2) is 39.0 Å². The van der Waals surface area contributed by atoms with Crippen molar-refractivity contribution in [2.45, 2.75) is 52.4 Å². The molecule has 0 aliphatic heterocycles. The predicted molar refractivity (Wildman–Crippen MR) is 201 cm³/mol. The molecule has 0 aliphatic rings. The first-order valence-corrected chi connectivity index (χ1v) is 16.9. The van der Waals surface area contributed by atoms with Crippen LogP contribution in [-0.2, 0) is 10.8 Å².